The minimum absolute atomic E-state index is 0.236. The van der Waals surface area contributed by atoms with Crippen LogP contribution in [0.15, 0.2) is 18.2 Å². The van der Waals surface area contributed by atoms with E-state index in [1.54, 1.807) is 6.07 Å². The standard InChI is InChI=1S/C10H12O3/c11-6-9(12)7-1-2-10-8(5-7)3-4-13-10/h1-2,5,9,11-12H,3-4,6H2/t9-/m1/s1. The average Bonchev–Trinajstić information content (AvgIpc) is 2.63. The Balaban J connectivity index is 2.30. The largest absolute Gasteiger partial charge is 0.493 e. The molecule has 3 heteroatoms. The minimum atomic E-state index is -0.772. The molecule has 0 fully saturated rings. The summed E-state index contributed by atoms with van der Waals surface area (Å²) >= 11 is 0. The van der Waals surface area contributed by atoms with Crippen molar-refractivity contribution in [3.05, 3.63) is 29.3 Å². The van der Waals surface area contributed by atoms with E-state index in [0.29, 0.717) is 6.61 Å². The van der Waals surface area contributed by atoms with Crippen LogP contribution in [0.1, 0.15) is 17.2 Å². The second kappa shape index (κ2) is 3.36. The molecule has 0 bridgehead atoms. The Bertz CT molecular complexity index is 309. The van der Waals surface area contributed by atoms with Crippen molar-refractivity contribution in [2.75, 3.05) is 13.2 Å². The van der Waals surface area contributed by atoms with Crippen molar-refractivity contribution in [1.82, 2.24) is 0 Å². The van der Waals surface area contributed by atoms with Gasteiger partial charge in [-0.25, -0.2) is 0 Å². The van der Waals surface area contributed by atoms with Gasteiger partial charge < -0.3 is 14.9 Å². The van der Waals surface area contributed by atoms with Crippen LogP contribution in [-0.4, -0.2) is 23.4 Å². The Morgan fingerprint density at radius 2 is 2.31 bits per heavy atom. The molecule has 1 aliphatic heterocycles. The van der Waals surface area contributed by atoms with E-state index in [-0.39, 0.29) is 6.61 Å². The molecule has 70 valence electrons. The lowest BCUT2D eigenvalue weighted by molar-refractivity contribution is 0.0955. The summed E-state index contributed by atoms with van der Waals surface area (Å²) in [4.78, 5) is 0. The van der Waals surface area contributed by atoms with Crippen molar-refractivity contribution >= 4 is 0 Å². The third-order valence-electron chi connectivity index (χ3n) is 2.27. The first-order chi connectivity index (χ1) is 6.31. The van der Waals surface area contributed by atoms with Gasteiger partial charge in [-0.2, -0.15) is 0 Å². The van der Waals surface area contributed by atoms with E-state index < -0.39 is 6.10 Å². The van der Waals surface area contributed by atoms with Gasteiger partial charge in [0.2, 0.25) is 0 Å². The maximum Gasteiger partial charge on any atom is 0.122 e. The number of ether oxygens (including phenoxy) is 1. The quantitative estimate of drug-likeness (QED) is 0.702. The molecule has 0 spiro atoms. The molecule has 1 atom stereocenters. The van der Waals surface area contributed by atoms with E-state index in [4.69, 9.17) is 9.84 Å². The molecule has 0 aromatic heterocycles. The van der Waals surface area contributed by atoms with Crippen LogP contribution in [0.25, 0.3) is 0 Å². The normalized spacial score (nSPS) is 16.5. The van der Waals surface area contributed by atoms with Gasteiger partial charge in [-0.15, -0.1) is 0 Å². The van der Waals surface area contributed by atoms with Crippen LogP contribution in [0.2, 0.25) is 0 Å². The van der Waals surface area contributed by atoms with Crippen LogP contribution in [0.3, 0.4) is 0 Å². The van der Waals surface area contributed by atoms with Gasteiger partial charge in [-0.1, -0.05) is 6.07 Å². The van der Waals surface area contributed by atoms with E-state index in [1.165, 1.54) is 0 Å². The smallest absolute Gasteiger partial charge is 0.122 e. The average molecular weight is 180 g/mol. The maximum absolute atomic E-state index is 9.37. The molecule has 1 aromatic carbocycles. The van der Waals surface area contributed by atoms with Gasteiger partial charge in [-0.05, 0) is 23.3 Å². The summed E-state index contributed by atoms with van der Waals surface area (Å²) in [6.45, 7) is 0.480. The van der Waals surface area contributed by atoms with Crippen LogP contribution >= 0.6 is 0 Å². The van der Waals surface area contributed by atoms with Gasteiger partial charge in [-0.3, -0.25) is 0 Å². The monoisotopic (exact) mass is 180 g/mol. The molecule has 1 heterocycles. The van der Waals surface area contributed by atoms with Crippen LogP contribution in [0.5, 0.6) is 5.75 Å². The summed E-state index contributed by atoms with van der Waals surface area (Å²) in [5.74, 6) is 0.897. The van der Waals surface area contributed by atoms with Gasteiger partial charge in [0.1, 0.15) is 11.9 Å². The molecule has 2 rings (SSSR count). The first-order valence-corrected chi connectivity index (χ1v) is 4.36. The van der Waals surface area contributed by atoms with Crippen molar-refractivity contribution in [2.45, 2.75) is 12.5 Å². The zero-order valence-corrected chi connectivity index (χ0v) is 7.23. The highest BCUT2D eigenvalue weighted by molar-refractivity contribution is 5.40. The molecule has 0 unspecified atom stereocenters. The molecule has 0 radical (unpaired) electrons. The van der Waals surface area contributed by atoms with Crippen molar-refractivity contribution in [3.8, 4) is 5.75 Å². The lowest BCUT2D eigenvalue weighted by Gasteiger charge is -2.08. The number of rotatable bonds is 2. The van der Waals surface area contributed by atoms with Crippen molar-refractivity contribution < 1.29 is 14.9 Å². The Hall–Kier alpha value is -1.06. The highest BCUT2D eigenvalue weighted by Gasteiger charge is 2.14. The number of fused-ring (bicyclic) bond motifs is 1. The summed E-state index contributed by atoms with van der Waals surface area (Å²) in [5.41, 5.74) is 1.87. The molecule has 0 saturated carbocycles. The van der Waals surface area contributed by atoms with E-state index in [1.807, 2.05) is 12.1 Å². The van der Waals surface area contributed by atoms with Crippen LogP contribution in [0, 0.1) is 0 Å². The van der Waals surface area contributed by atoms with E-state index in [9.17, 15) is 5.11 Å². The molecule has 2 N–H and O–H groups in total. The third-order valence-corrected chi connectivity index (χ3v) is 2.27. The highest BCUT2D eigenvalue weighted by atomic mass is 16.5. The predicted molar refractivity (Wildman–Crippen MR) is 47.7 cm³/mol. The summed E-state index contributed by atoms with van der Waals surface area (Å²) in [7, 11) is 0. The van der Waals surface area contributed by atoms with E-state index >= 15 is 0 Å². The molecule has 1 aromatic rings. The number of aliphatic hydroxyl groups is 2. The fourth-order valence-corrected chi connectivity index (χ4v) is 1.52. The van der Waals surface area contributed by atoms with Crippen molar-refractivity contribution in [1.29, 1.82) is 0 Å². The molecule has 0 aliphatic carbocycles. The van der Waals surface area contributed by atoms with Crippen molar-refractivity contribution in [3.63, 3.8) is 0 Å². The molecule has 3 nitrogen and oxygen atoms in total. The summed E-state index contributed by atoms with van der Waals surface area (Å²) in [6.07, 6.45) is 0.118. The van der Waals surface area contributed by atoms with E-state index in [0.717, 1.165) is 23.3 Å². The minimum Gasteiger partial charge on any atom is -0.493 e. The molecular weight excluding hydrogens is 168 g/mol. The fourth-order valence-electron chi connectivity index (χ4n) is 1.52. The number of benzene rings is 1. The molecule has 1 aliphatic rings. The van der Waals surface area contributed by atoms with Gasteiger partial charge in [0.15, 0.2) is 0 Å². The van der Waals surface area contributed by atoms with Crippen LogP contribution in [0.4, 0.5) is 0 Å². The lowest BCUT2D eigenvalue weighted by atomic mass is 10.1. The number of aliphatic hydroxyl groups excluding tert-OH is 2. The van der Waals surface area contributed by atoms with Gasteiger partial charge >= 0.3 is 0 Å². The number of hydrogen-bond acceptors (Lipinski definition) is 3. The summed E-state index contributed by atoms with van der Waals surface area (Å²) < 4.78 is 5.32. The third kappa shape index (κ3) is 1.53. The predicted octanol–water partition coefficient (Wildman–Crippen LogP) is 0.647. The zero-order chi connectivity index (χ0) is 9.26. The lowest BCUT2D eigenvalue weighted by Crippen LogP contribution is -2.02. The van der Waals surface area contributed by atoms with Crippen LogP contribution < -0.4 is 4.74 Å². The SMILES string of the molecule is OC[C@@H](O)c1ccc2c(c1)CCO2. The van der Waals surface area contributed by atoms with Crippen LogP contribution in [-0.2, 0) is 6.42 Å². The fraction of sp³-hybridized carbons (Fsp3) is 0.400. The van der Waals surface area contributed by atoms with Gasteiger partial charge in [0.05, 0.1) is 13.2 Å². The Morgan fingerprint density at radius 3 is 3.08 bits per heavy atom. The van der Waals surface area contributed by atoms with E-state index in [2.05, 4.69) is 0 Å². The molecular formula is C10H12O3. The van der Waals surface area contributed by atoms with Crippen molar-refractivity contribution in [2.24, 2.45) is 0 Å². The molecule has 13 heavy (non-hydrogen) atoms. The number of hydrogen-bond donors (Lipinski definition) is 2. The Kier molecular flexibility index (Phi) is 2.20. The molecule has 0 saturated heterocycles. The Labute approximate surface area is 76.6 Å². The highest BCUT2D eigenvalue weighted by Crippen LogP contribution is 2.27. The Morgan fingerprint density at radius 1 is 1.46 bits per heavy atom. The second-order valence-electron chi connectivity index (χ2n) is 3.16. The maximum atomic E-state index is 9.37. The summed E-state index contributed by atoms with van der Waals surface area (Å²) in [5, 5.41) is 18.1. The van der Waals surface area contributed by atoms with Gasteiger partial charge in [0, 0.05) is 6.42 Å². The summed E-state index contributed by atoms with van der Waals surface area (Å²) in [6, 6.07) is 5.52. The zero-order valence-electron chi connectivity index (χ0n) is 7.23. The van der Waals surface area contributed by atoms with Gasteiger partial charge in [0.25, 0.3) is 0 Å². The first kappa shape index (κ1) is 8.53. The second-order valence-corrected chi connectivity index (χ2v) is 3.16. The topological polar surface area (TPSA) is 49.7 Å². The first-order valence-electron chi connectivity index (χ1n) is 4.36. The molecule has 0 amide bonds.